The summed E-state index contributed by atoms with van der Waals surface area (Å²) < 4.78 is 9.88. The van der Waals surface area contributed by atoms with Gasteiger partial charge in [-0.2, -0.15) is 0 Å². The monoisotopic (exact) mass is 236 g/mol. The molecule has 0 N–H and O–H groups in total. The Morgan fingerprint density at radius 2 is 1.62 bits per heavy atom. The maximum absolute atomic E-state index is 10.6. The van der Waals surface area contributed by atoms with E-state index in [9.17, 15) is 4.79 Å². The fourth-order valence-corrected chi connectivity index (χ4v) is 1.57. The molecule has 0 heterocycles. The van der Waals surface area contributed by atoms with Gasteiger partial charge in [-0.15, -0.1) is 0 Å². The molecule has 0 unspecified atom stereocenters. The number of hydrogen-bond donors (Lipinski definition) is 0. The van der Waals surface area contributed by atoms with Crippen LogP contribution in [0.2, 0.25) is 0 Å². The molecule has 2 aromatic carbocycles. The van der Waals surface area contributed by atoms with Crippen molar-refractivity contribution in [3.8, 4) is 11.5 Å². The van der Waals surface area contributed by atoms with E-state index in [2.05, 4.69) is 0 Å². The minimum atomic E-state index is -0.840. The Balaban J connectivity index is 2.43. The van der Waals surface area contributed by atoms with Crippen molar-refractivity contribution in [2.75, 3.05) is 7.11 Å². The van der Waals surface area contributed by atoms with Gasteiger partial charge in [-0.25, -0.2) is 4.79 Å². The van der Waals surface area contributed by atoms with Gasteiger partial charge in [0.15, 0.2) is 0 Å². The average molecular weight is 237 g/mol. The zero-order valence-corrected chi connectivity index (χ0v) is 9.32. The minimum Gasteiger partial charge on any atom is -0.497 e. The maximum atomic E-state index is 10.6. The highest BCUT2D eigenvalue weighted by Crippen LogP contribution is 2.25. The normalized spacial score (nSPS) is 10.1. The Morgan fingerprint density at radius 3 is 2.19 bits per heavy atom. The molecule has 0 radical (unpaired) electrons. The predicted octanol–water partition coefficient (Wildman–Crippen LogP) is 3.59. The van der Waals surface area contributed by atoms with Crippen LogP contribution in [0.5, 0.6) is 11.5 Å². The third kappa shape index (κ3) is 2.25. The molecule has 0 aliphatic rings. The Hall–Kier alpha value is -1.74. The molecule has 2 rings (SSSR count). The summed E-state index contributed by atoms with van der Waals surface area (Å²) in [5, 5.41) is 1.96. The molecule has 0 atom stereocenters. The highest BCUT2D eigenvalue weighted by molar-refractivity contribution is 6.61. The summed E-state index contributed by atoms with van der Waals surface area (Å²) in [6, 6.07) is 10.9. The van der Waals surface area contributed by atoms with E-state index < -0.39 is 5.43 Å². The minimum absolute atomic E-state index is 0.428. The third-order valence-electron chi connectivity index (χ3n) is 2.22. The number of carbonyl (C=O) groups is 1. The zero-order valence-electron chi connectivity index (χ0n) is 8.57. The molecule has 0 saturated carbocycles. The number of methoxy groups -OCH3 is 1. The number of ether oxygens (including phenoxy) is 2. The van der Waals surface area contributed by atoms with Crippen molar-refractivity contribution in [3.05, 3.63) is 36.4 Å². The van der Waals surface area contributed by atoms with Crippen LogP contribution in [0.3, 0.4) is 0 Å². The lowest BCUT2D eigenvalue weighted by atomic mass is 10.1. The van der Waals surface area contributed by atoms with E-state index in [0.29, 0.717) is 5.75 Å². The van der Waals surface area contributed by atoms with Gasteiger partial charge < -0.3 is 9.47 Å². The van der Waals surface area contributed by atoms with Gasteiger partial charge in [-0.05, 0) is 35.0 Å². The van der Waals surface area contributed by atoms with E-state index in [1.54, 1.807) is 19.2 Å². The highest BCUT2D eigenvalue weighted by atomic mass is 35.5. The maximum Gasteiger partial charge on any atom is 0.409 e. The van der Waals surface area contributed by atoms with Crippen LogP contribution in [0, 0.1) is 0 Å². The van der Waals surface area contributed by atoms with Gasteiger partial charge in [0, 0.05) is 11.6 Å². The van der Waals surface area contributed by atoms with Gasteiger partial charge in [0.05, 0.1) is 7.11 Å². The first-order valence-corrected chi connectivity index (χ1v) is 5.02. The predicted molar refractivity (Wildman–Crippen MR) is 62.4 cm³/mol. The van der Waals surface area contributed by atoms with Crippen molar-refractivity contribution in [2.24, 2.45) is 0 Å². The summed E-state index contributed by atoms with van der Waals surface area (Å²) in [5.41, 5.74) is -0.840. The van der Waals surface area contributed by atoms with Crippen LogP contribution in [0.15, 0.2) is 36.4 Å². The van der Waals surface area contributed by atoms with Gasteiger partial charge in [-0.3, -0.25) is 0 Å². The fraction of sp³-hybridized carbons (Fsp3) is 0.0833. The highest BCUT2D eigenvalue weighted by Gasteiger charge is 2.02. The molecule has 4 heteroatoms. The standard InChI is InChI=1S/C12H9ClO3/c1-15-10-4-2-9-7-11(16-12(13)14)5-3-8(9)6-10/h2-7H,1H3. The average Bonchev–Trinajstić information content (AvgIpc) is 2.27. The van der Waals surface area contributed by atoms with Crippen LogP contribution >= 0.6 is 11.6 Å². The molecule has 0 aliphatic heterocycles. The summed E-state index contributed by atoms with van der Waals surface area (Å²) in [6.45, 7) is 0. The van der Waals surface area contributed by atoms with E-state index in [1.807, 2.05) is 24.3 Å². The molecule has 0 aromatic heterocycles. The lowest BCUT2D eigenvalue weighted by Crippen LogP contribution is -1.95. The first kappa shape index (κ1) is 10.8. The number of fused-ring (bicyclic) bond motifs is 1. The van der Waals surface area contributed by atoms with Crippen LogP contribution in [0.25, 0.3) is 10.8 Å². The second kappa shape index (κ2) is 4.41. The summed E-state index contributed by atoms with van der Waals surface area (Å²) in [4.78, 5) is 10.6. The van der Waals surface area contributed by atoms with Gasteiger partial charge in [-0.1, -0.05) is 12.1 Å². The smallest absolute Gasteiger partial charge is 0.409 e. The molecule has 0 bridgehead atoms. The van der Waals surface area contributed by atoms with Gasteiger partial charge in [0.1, 0.15) is 11.5 Å². The second-order valence-electron chi connectivity index (χ2n) is 3.21. The molecule has 0 fully saturated rings. The molecule has 0 aliphatic carbocycles. The Labute approximate surface area is 97.5 Å². The van der Waals surface area contributed by atoms with E-state index in [4.69, 9.17) is 21.1 Å². The molecule has 16 heavy (non-hydrogen) atoms. The van der Waals surface area contributed by atoms with Crippen LogP contribution < -0.4 is 9.47 Å². The number of benzene rings is 2. The van der Waals surface area contributed by atoms with Gasteiger partial charge in [0.25, 0.3) is 0 Å². The third-order valence-corrected chi connectivity index (χ3v) is 2.29. The summed E-state index contributed by atoms with van der Waals surface area (Å²) >= 11 is 5.13. The van der Waals surface area contributed by atoms with Crippen LogP contribution in [-0.2, 0) is 0 Å². The molecule has 3 nitrogen and oxygen atoms in total. The van der Waals surface area contributed by atoms with E-state index >= 15 is 0 Å². The first-order valence-electron chi connectivity index (χ1n) is 4.64. The molecule has 82 valence electrons. The number of hydrogen-bond acceptors (Lipinski definition) is 3. The SMILES string of the molecule is COc1ccc2cc(OC(=O)Cl)ccc2c1. The topological polar surface area (TPSA) is 35.5 Å². The van der Waals surface area contributed by atoms with Crippen molar-refractivity contribution >= 4 is 27.8 Å². The molecule has 2 aromatic rings. The quantitative estimate of drug-likeness (QED) is 0.748. The van der Waals surface area contributed by atoms with E-state index in [1.165, 1.54) is 0 Å². The number of rotatable bonds is 2. The Bertz CT molecular complexity index is 537. The summed E-state index contributed by atoms with van der Waals surface area (Å²) in [7, 11) is 1.62. The lowest BCUT2D eigenvalue weighted by Gasteiger charge is -2.04. The molecular formula is C12H9ClO3. The summed E-state index contributed by atoms with van der Waals surface area (Å²) in [5.74, 6) is 1.22. The number of halogens is 1. The van der Waals surface area contributed by atoms with E-state index in [0.717, 1.165) is 16.5 Å². The van der Waals surface area contributed by atoms with Crippen molar-refractivity contribution < 1.29 is 14.3 Å². The van der Waals surface area contributed by atoms with Crippen molar-refractivity contribution in [1.82, 2.24) is 0 Å². The molecule has 0 amide bonds. The van der Waals surface area contributed by atoms with Crippen LogP contribution in [-0.4, -0.2) is 12.5 Å². The molecule has 0 saturated heterocycles. The van der Waals surface area contributed by atoms with Gasteiger partial charge >= 0.3 is 5.43 Å². The largest absolute Gasteiger partial charge is 0.497 e. The van der Waals surface area contributed by atoms with Crippen LogP contribution in [0.4, 0.5) is 4.79 Å². The second-order valence-corrected chi connectivity index (χ2v) is 3.52. The van der Waals surface area contributed by atoms with Crippen molar-refractivity contribution in [3.63, 3.8) is 0 Å². The zero-order chi connectivity index (χ0) is 11.5. The van der Waals surface area contributed by atoms with Crippen LogP contribution in [0.1, 0.15) is 0 Å². The fourth-order valence-electron chi connectivity index (χ4n) is 1.49. The van der Waals surface area contributed by atoms with E-state index in [-0.39, 0.29) is 0 Å². The van der Waals surface area contributed by atoms with Crippen molar-refractivity contribution in [2.45, 2.75) is 0 Å². The van der Waals surface area contributed by atoms with Gasteiger partial charge in [0.2, 0.25) is 0 Å². The number of carbonyl (C=O) groups excluding carboxylic acids is 1. The Morgan fingerprint density at radius 1 is 1.06 bits per heavy atom. The summed E-state index contributed by atoms with van der Waals surface area (Å²) in [6.07, 6.45) is 0. The lowest BCUT2D eigenvalue weighted by molar-refractivity contribution is 0.225. The first-order chi connectivity index (χ1) is 7.69. The molecular weight excluding hydrogens is 228 g/mol. The molecule has 0 spiro atoms. The Kier molecular flexibility index (Phi) is 2.97. The van der Waals surface area contributed by atoms with Crippen molar-refractivity contribution in [1.29, 1.82) is 0 Å².